The standard InChI is InChI=1S/C12H14O2/c1-11-7-3-2-4-6-5(3)9(11)10(6)12(13,14-11)8(4)7/h3-10,13H,2H2,1H3/t3-,4+,5-,6+,7+,8+,9-,10-,11-,12-/m1/s1. The molecular formula is C12H14O2. The van der Waals surface area contributed by atoms with Gasteiger partial charge in [-0.3, -0.25) is 0 Å². The summed E-state index contributed by atoms with van der Waals surface area (Å²) in [6.45, 7) is 2.30. The predicted octanol–water partition coefficient (Wildman–Crippen LogP) is 0.852. The number of hydrogen-bond donors (Lipinski definition) is 1. The lowest BCUT2D eigenvalue weighted by molar-refractivity contribution is -0.208. The molecule has 7 fully saturated rings. The third-order valence-electron chi connectivity index (χ3n) is 7.17. The molecule has 1 N–H and O–H groups in total. The number of aliphatic hydroxyl groups is 1. The molecule has 2 aliphatic heterocycles. The Kier molecular flexibility index (Phi) is 0.592. The van der Waals surface area contributed by atoms with Crippen molar-refractivity contribution < 1.29 is 9.84 Å². The number of hydrogen-bond acceptors (Lipinski definition) is 2. The predicted molar refractivity (Wildman–Crippen MR) is 47.0 cm³/mol. The number of ether oxygens (including phenoxy) is 1. The zero-order chi connectivity index (χ0) is 9.03. The number of rotatable bonds is 0. The molecular weight excluding hydrogens is 176 g/mol. The van der Waals surface area contributed by atoms with Crippen molar-refractivity contribution in [2.24, 2.45) is 47.3 Å². The van der Waals surface area contributed by atoms with Crippen molar-refractivity contribution in [3.8, 4) is 0 Å². The monoisotopic (exact) mass is 190 g/mol. The smallest absolute Gasteiger partial charge is 0.173 e. The molecule has 7 rings (SSSR count). The lowest BCUT2D eigenvalue weighted by atomic mass is 9.57. The van der Waals surface area contributed by atoms with Crippen LogP contribution in [0.4, 0.5) is 0 Å². The molecule has 2 saturated heterocycles. The van der Waals surface area contributed by atoms with E-state index in [4.69, 9.17) is 4.74 Å². The van der Waals surface area contributed by atoms with Gasteiger partial charge >= 0.3 is 0 Å². The van der Waals surface area contributed by atoms with E-state index in [1.165, 1.54) is 6.42 Å². The second-order valence-corrected chi connectivity index (χ2v) is 6.86. The van der Waals surface area contributed by atoms with Crippen molar-refractivity contribution >= 4 is 0 Å². The molecule has 0 aromatic heterocycles. The Balaban J connectivity index is 1.83. The van der Waals surface area contributed by atoms with Gasteiger partial charge in [-0.2, -0.15) is 0 Å². The molecule has 0 aromatic carbocycles. The highest BCUT2D eigenvalue weighted by atomic mass is 16.7. The lowest BCUT2D eigenvalue weighted by Crippen LogP contribution is -2.50. The van der Waals surface area contributed by atoms with E-state index in [1.54, 1.807) is 0 Å². The molecule has 7 aliphatic rings. The van der Waals surface area contributed by atoms with Crippen molar-refractivity contribution in [1.82, 2.24) is 0 Å². The van der Waals surface area contributed by atoms with Gasteiger partial charge < -0.3 is 9.84 Å². The molecule has 10 atom stereocenters. The van der Waals surface area contributed by atoms with Crippen LogP contribution in [-0.2, 0) is 4.74 Å². The molecule has 5 saturated carbocycles. The van der Waals surface area contributed by atoms with Crippen LogP contribution in [0.3, 0.4) is 0 Å². The first-order valence-corrected chi connectivity index (χ1v) is 6.10. The summed E-state index contributed by atoms with van der Waals surface area (Å²) in [5.74, 6) is 5.57. The average Bonchev–Trinajstić information content (AvgIpc) is 2.60. The first-order valence-electron chi connectivity index (χ1n) is 6.10. The van der Waals surface area contributed by atoms with Crippen LogP contribution < -0.4 is 0 Å². The summed E-state index contributed by atoms with van der Waals surface area (Å²) >= 11 is 0. The maximum Gasteiger partial charge on any atom is 0.173 e. The minimum Gasteiger partial charge on any atom is -0.365 e. The first kappa shape index (κ1) is 6.49. The molecule has 0 amide bonds. The topological polar surface area (TPSA) is 29.5 Å². The van der Waals surface area contributed by atoms with E-state index in [1.807, 2.05) is 0 Å². The fraction of sp³-hybridized carbons (Fsp3) is 1.00. The second kappa shape index (κ2) is 1.28. The summed E-state index contributed by atoms with van der Waals surface area (Å²) in [4.78, 5) is 0. The SMILES string of the molecule is C[C@]12O[C@@]3(O)[C@@H]4[C@H]5[C@@H]6C[C@H]([C@H]5[C@H]41)[C@H]2[C@H]63. The van der Waals surface area contributed by atoms with Crippen molar-refractivity contribution in [1.29, 1.82) is 0 Å². The highest BCUT2D eigenvalue weighted by Crippen LogP contribution is 2.92. The molecule has 14 heavy (non-hydrogen) atoms. The molecule has 2 nitrogen and oxygen atoms in total. The molecule has 0 unspecified atom stereocenters. The minimum absolute atomic E-state index is 0.0984. The van der Waals surface area contributed by atoms with Crippen LogP contribution in [0.25, 0.3) is 0 Å². The van der Waals surface area contributed by atoms with Crippen molar-refractivity contribution in [2.75, 3.05) is 0 Å². The zero-order valence-electron chi connectivity index (χ0n) is 8.18. The minimum atomic E-state index is -0.652. The van der Waals surface area contributed by atoms with Gasteiger partial charge in [-0.05, 0) is 48.9 Å². The molecule has 5 aliphatic carbocycles. The van der Waals surface area contributed by atoms with Crippen LogP contribution in [0.15, 0.2) is 0 Å². The van der Waals surface area contributed by atoms with Crippen molar-refractivity contribution in [3.63, 3.8) is 0 Å². The molecule has 0 aromatic rings. The highest BCUT2D eigenvalue weighted by molar-refractivity contribution is 5.40. The zero-order valence-corrected chi connectivity index (χ0v) is 8.18. The Hall–Kier alpha value is -0.0800. The van der Waals surface area contributed by atoms with E-state index in [0.29, 0.717) is 11.8 Å². The maximum absolute atomic E-state index is 10.7. The third kappa shape index (κ3) is 0.291. The van der Waals surface area contributed by atoms with Crippen LogP contribution in [0.2, 0.25) is 0 Å². The van der Waals surface area contributed by atoms with Gasteiger partial charge in [0.2, 0.25) is 0 Å². The summed E-state index contributed by atoms with van der Waals surface area (Å²) < 4.78 is 6.10. The molecule has 0 spiro atoms. The first-order chi connectivity index (χ1) is 6.68. The fourth-order valence-corrected chi connectivity index (χ4v) is 7.54. The summed E-state index contributed by atoms with van der Waals surface area (Å²) in [6.07, 6.45) is 1.43. The fourth-order valence-electron chi connectivity index (χ4n) is 7.54. The van der Waals surface area contributed by atoms with Crippen molar-refractivity contribution in [3.05, 3.63) is 0 Å². The average molecular weight is 190 g/mol. The highest BCUT2D eigenvalue weighted by Gasteiger charge is 2.96. The van der Waals surface area contributed by atoms with Crippen LogP contribution in [0.5, 0.6) is 0 Å². The van der Waals surface area contributed by atoms with Crippen LogP contribution >= 0.6 is 0 Å². The summed E-state index contributed by atoms with van der Waals surface area (Å²) in [6, 6.07) is 0. The normalized spacial score (nSPS) is 93.0. The van der Waals surface area contributed by atoms with Gasteiger partial charge in [-0.15, -0.1) is 0 Å². The maximum atomic E-state index is 10.7. The third-order valence-corrected chi connectivity index (χ3v) is 7.17. The quantitative estimate of drug-likeness (QED) is 0.613. The lowest BCUT2D eigenvalue weighted by Gasteiger charge is -2.45. The van der Waals surface area contributed by atoms with Crippen molar-refractivity contribution in [2.45, 2.75) is 24.7 Å². The molecule has 4 bridgehead atoms. The van der Waals surface area contributed by atoms with Crippen LogP contribution in [-0.4, -0.2) is 16.5 Å². The molecule has 2 heterocycles. The molecule has 0 radical (unpaired) electrons. The van der Waals surface area contributed by atoms with Gasteiger partial charge in [-0.25, -0.2) is 0 Å². The van der Waals surface area contributed by atoms with Gasteiger partial charge in [0.05, 0.1) is 5.60 Å². The molecule has 2 heteroatoms. The van der Waals surface area contributed by atoms with Gasteiger partial charge in [0.15, 0.2) is 5.79 Å². The Morgan fingerprint density at radius 3 is 2.64 bits per heavy atom. The second-order valence-electron chi connectivity index (χ2n) is 6.86. The summed E-state index contributed by atoms with van der Waals surface area (Å²) in [5, 5.41) is 10.7. The van der Waals surface area contributed by atoms with Crippen LogP contribution in [0.1, 0.15) is 13.3 Å². The van der Waals surface area contributed by atoms with Crippen LogP contribution in [0, 0.1) is 47.3 Å². The van der Waals surface area contributed by atoms with Gasteiger partial charge in [-0.1, -0.05) is 0 Å². The Labute approximate surface area is 82.6 Å². The van der Waals surface area contributed by atoms with Gasteiger partial charge in [0.25, 0.3) is 0 Å². The Morgan fingerprint density at radius 1 is 1.07 bits per heavy atom. The van der Waals surface area contributed by atoms with Gasteiger partial charge in [0, 0.05) is 11.8 Å². The van der Waals surface area contributed by atoms with E-state index >= 15 is 0 Å². The molecule has 74 valence electrons. The summed E-state index contributed by atoms with van der Waals surface area (Å²) in [7, 11) is 0. The Morgan fingerprint density at radius 2 is 1.79 bits per heavy atom. The van der Waals surface area contributed by atoms with E-state index in [2.05, 4.69) is 6.92 Å². The van der Waals surface area contributed by atoms with E-state index < -0.39 is 5.79 Å². The Bertz CT molecular complexity index is 367. The summed E-state index contributed by atoms with van der Waals surface area (Å²) in [5.41, 5.74) is 0.0984. The largest absolute Gasteiger partial charge is 0.365 e. The van der Waals surface area contributed by atoms with E-state index in [0.717, 1.165) is 35.5 Å². The van der Waals surface area contributed by atoms with Gasteiger partial charge in [0.1, 0.15) is 0 Å². The van der Waals surface area contributed by atoms with E-state index in [-0.39, 0.29) is 5.60 Å². The van der Waals surface area contributed by atoms with E-state index in [9.17, 15) is 5.11 Å².